The molecule has 29 heavy (non-hydrogen) atoms. The quantitative estimate of drug-likeness (QED) is 0.216. The van der Waals surface area contributed by atoms with E-state index < -0.39 is 0 Å². The Bertz CT molecular complexity index is 1400. The second-order valence-electron chi connectivity index (χ2n) is 7.33. The molecular formula is C27H21NS. The van der Waals surface area contributed by atoms with Crippen molar-refractivity contribution in [1.82, 2.24) is 0 Å². The first-order valence-electron chi connectivity index (χ1n) is 9.77. The van der Waals surface area contributed by atoms with Crippen LogP contribution in [0.2, 0.25) is 0 Å². The van der Waals surface area contributed by atoms with E-state index in [-0.39, 0.29) is 0 Å². The van der Waals surface area contributed by atoms with E-state index in [0.29, 0.717) is 0 Å². The number of benzene rings is 4. The maximum absolute atomic E-state index is 4.68. The van der Waals surface area contributed by atoms with Crippen LogP contribution in [0.15, 0.2) is 84.4 Å². The standard InChI is InChI=1S/C27H21NS/c1-4-15-28-26-17(2)18(3)29-27(26)19-13-14-24-22-11-6-5-9-20(22)21-10-7-8-12-23(21)25(24)16-19/h4-16H,1H2,2-3H3. The molecule has 0 N–H and O–H groups in total. The van der Waals surface area contributed by atoms with Crippen molar-refractivity contribution in [2.75, 3.05) is 0 Å². The van der Waals surface area contributed by atoms with E-state index >= 15 is 0 Å². The Hall–Kier alpha value is -3.23. The number of aliphatic imine (C=N–C) groups is 1. The number of thiophene rings is 1. The van der Waals surface area contributed by atoms with Gasteiger partial charge in [0.2, 0.25) is 0 Å². The third kappa shape index (κ3) is 2.80. The largest absolute Gasteiger partial charge is 0.255 e. The summed E-state index contributed by atoms with van der Waals surface area (Å²) in [6, 6.07) is 24.2. The minimum Gasteiger partial charge on any atom is -0.255 e. The van der Waals surface area contributed by atoms with Crippen molar-refractivity contribution in [3.8, 4) is 10.4 Å². The zero-order valence-corrected chi connectivity index (χ0v) is 17.4. The van der Waals surface area contributed by atoms with Crippen molar-refractivity contribution in [2.24, 2.45) is 4.99 Å². The topological polar surface area (TPSA) is 12.4 Å². The van der Waals surface area contributed by atoms with Gasteiger partial charge in [-0.3, -0.25) is 4.99 Å². The van der Waals surface area contributed by atoms with Gasteiger partial charge in [0.15, 0.2) is 0 Å². The second-order valence-corrected chi connectivity index (χ2v) is 8.55. The fourth-order valence-electron chi connectivity index (χ4n) is 4.14. The maximum Gasteiger partial charge on any atom is 0.0847 e. The summed E-state index contributed by atoms with van der Waals surface area (Å²) >= 11 is 1.81. The van der Waals surface area contributed by atoms with Gasteiger partial charge in [-0.25, -0.2) is 0 Å². The minimum absolute atomic E-state index is 1.05. The van der Waals surface area contributed by atoms with Gasteiger partial charge in [0.05, 0.1) is 10.6 Å². The number of hydrogen-bond acceptors (Lipinski definition) is 2. The molecule has 0 aliphatic carbocycles. The van der Waals surface area contributed by atoms with Crippen molar-refractivity contribution in [2.45, 2.75) is 13.8 Å². The van der Waals surface area contributed by atoms with E-state index in [1.54, 1.807) is 12.3 Å². The number of allylic oxidation sites excluding steroid dienone is 1. The maximum atomic E-state index is 4.68. The average Bonchev–Trinajstić information content (AvgIpc) is 3.06. The van der Waals surface area contributed by atoms with Crippen LogP contribution in [0.1, 0.15) is 10.4 Å². The Labute approximate surface area is 174 Å². The van der Waals surface area contributed by atoms with E-state index in [4.69, 9.17) is 0 Å². The molecule has 0 fully saturated rings. The molecule has 0 radical (unpaired) electrons. The fourth-order valence-corrected chi connectivity index (χ4v) is 5.25. The normalized spacial score (nSPS) is 11.8. The van der Waals surface area contributed by atoms with E-state index in [9.17, 15) is 0 Å². The molecule has 4 aromatic carbocycles. The van der Waals surface area contributed by atoms with Crippen molar-refractivity contribution < 1.29 is 0 Å². The van der Waals surface area contributed by atoms with Gasteiger partial charge in [-0.2, -0.15) is 0 Å². The summed E-state index contributed by atoms with van der Waals surface area (Å²) in [5, 5.41) is 7.79. The Morgan fingerprint density at radius 3 is 1.90 bits per heavy atom. The third-order valence-electron chi connectivity index (χ3n) is 5.67. The molecule has 0 atom stereocenters. The first kappa shape index (κ1) is 17.8. The highest BCUT2D eigenvalue weighted by atomic mass is 32.1. The van der Waals surface area contributed by atoms with Crippen LogP contribution in [-0.4, -0.2) is 6.21 Å². The van der Waals surface area contributed by atoms with Crippen molar-refractivity contribution >= 4 is 55.6 Å². The second kappa shape index (κ2) is 6.98. The van der Waals surface area contributed by atoms with Gasteiger partial charge in [0.1, 0.15) is 0 Å². The summed E-state index contributed by atoms with van der Waals surface area (Å²) in [4.78, 5) is 7.21. The molecule has 0 bridgehead atoms. The molecular weight excluding hydrogens is 370 g/mol. The van der Waals surface area contributed by atoms with Crippen molar-refractivity contribution in [3.05, 3.63) is 89.8 Å². The molecule has 1 nitrogen and oxygen atoms in total. The van der Waals surface area contributed by atoms with Crippen LogP contribution in [-0.2, 0) is 0 Å². The number of fused-ring (bicyclic) bond motifs is 6. The number of rotatable bonds is 3. The molecule has 1 heterocycles. The Kier molecular flexibility index (Phi) is 4.30. The van der Waals surface area contributed by atoms with Crippen LogP contribution >= 0.6 is 11.3 Å². The van der Waals surface area contributed by atoms with E-state index in [2.05, 4.69) is 92.1 Å². The number of aryl methyl sites for hydroxylation is 1. The van der Waals surface area contributed by atoms with Gasteiger partial charge >= 0.3 is 0 Å². The van der Waals surface area contributed by atoms with Gasteiger partial charge in [0.25, 0.3) is 0 Å². The molecule has 0 spiro atoms. The highest BCUT2D eigenvalue weighted by Gasteiger charge is 2.15. The molecule has 5 rings (SSSR count). The van der Waals surface area contributed by atoms with Gasteiger partial charge < -0.3 is 0 Å². The lowest BCUT2D eigenvalue weighted by Gasteiger charge is -2.11. The lowest BCUT2D eigenvalue weighted by molar-refractivity contribution is 1.40. The fraction of sp³-hybridized carbons (Fsp3) is 0.0741. The lowest BCUT2D eigenvalue weighted by Crippen LogP contribution is -1.84. The molecule has 140 valence electrons. The molecule has 0 aliphatic rings. The summed E-state index contributed by atoms with van der Waals surface area (Å²) in [7, 11) is 0. The highest BCUT2D eigenvalue weighted by molar-refractivity contribution is 7.16. The average molecular weight is 392 g/mol. The van der Waals surface area contributed by atoms with E-state index in [0.717, 1.165) is 5.69 Å². The van der Waals surface area contributed by atoms with Crippen LogP contribution in [0.5, 0.6) is 0 Å². The summed E-state index contributed by atoms with van der Waals surface area (Å²) in [5.74, 6) is 0. The molecule has 0 unspecified atom stereocenters. The van der Waals surface area contributed by atoms with E-state index in [1.165, 1.54) is 53.2 Å². The summed E-state index contributed by atoms with van der Waals surface area (Å²) in [6.07, 6.45) is 3.51. The monoisotopic (exact) mass is 391 g/mol. The SMILES string of the molecule is C=CC=Nc1c(-c2ccc3c4ccccc4c4ccccc4c3c2)sc(C)c1C. The van der Waals surface area contributed by atoms with E-state index in [1.807, 2.05) is 11.3 Å². The Morgan fingerprint density at radius 2 is 1.31 bits per heavy atom. The third-order valence-corrected chi connectivity index (χ3v) is 6.91. The molecule has 0 aliphatic heterocycles. The molecule has 1 aromatic heterocycles. The summed E-state index contributed by atoms with van der Waals surface area (Å²) in [5.41, 5.74) is 3.51. The zero-order chi connectivity index (χ0) is 20.0. The first-order valence-corrected chi connectivity index (χ1v) is 10.6. The highest BCUT2D eigenvalue weighted by Crippen LogP contribution is 2.44. The van der Waals surface area contributed by atoms with Gasteiger partial charge in [-0.15, -0.1) is 11.3 Å². The molecule has 5 aromatic rings. The Morgan fingerprint density at radius 1 is 0.759 bits per heavy atom. The van der Waals surface area contributed by atoms with Gasteiger partial charge in [0, 0.05) is 11.1 Å². The first-order chi connectivity index (χ1) is 14.2. The predicted octanol–water partition coefficient (Wildman–Crippen LogP) is 8.38. The summed E-state index contributed by atoms with van der Waals surface area (Å²) in [6.45, 7) is 8.09. The number of hydrogen-bond donors (Lipinski definition) is 0. The van der Waals surface area contributed by atoms with Crippen molar-refractivity contribution in [3.63, 3.8) is 0 Å². The Balaban J connectivity index is 1.87. The van der Waals surface area contributed by atoms with Crippen LogP contribution in [0.25, 0.3) is 42.8 Å². The van der Waals surface area contributed by atoms with Gasteiger partial charge in [-0.05, 0) is 63.4 Å². The molecule has 0 saturated heterocycles. The van der Waals surface area contributed by atoms with Gasteiger partial charge in [-0.1, -0.05) is 73.3 Å². The van der Waals surface area contributed by atoms with Crippen LogP contribution in [0.3, 0.4) is 0 Å². The lowest BCUT2D eigenvalue weighted by atomic mass is 9.93. The van der Waals surface area contributed by atoms with Crippen LogP contribution in [0.4, 0.5) is 5.69 Å². The minimum atomic E-state index is 1.05. The molecule has 2 heteroatoms. The van der Waals surface area contributed by atoms with Crippen molar-refractivity contribution in [1.29, 1.82) is 0 Å². The van der Waals surface area contributed by atoms with Crippen LogP contribution in [0, 0.1) is 13.8 Å². The molecule has 0 amide bonds. The smallest absolute Gasteiger partial charge is 0.0847 e. The summed E-state index contributed by atoms with van der Waals surface area (Å²) < 4.78 is 0. The molecule has 0 saturated carbocycles. The van der Waals surface area contributed by atoms with Crippen LogP contribution < -0.4 is 0 Å². The predicted molar refractivity (Wildman–Crippen MR) is 130 cm³/mol. The zero-order valence-electron chi connectivity index (χ0n) is 16.6. The number of nitrogens with zero attached hydrogens (tertiary/aromatic N) is 1.